The summed E-state index contributed by atoms with van der Waals surface area (Å²) >= 11 is 1.36. The number of thiazole rings is 1. The van der Waals surface area contributed by atoms with E-state index in [0.717, 1.165) is 28.3 Å². The second-order valence-corrected chi connectivity index (χ2v) is 10.5. The van der Waals surface area contributed by atoms with Crippen LogP contribution in [0.1, 0.15) is 41.9 Å². The number of anilines is 2. The SMILES string of the molecule is Cc1cc(Nc2nccc(C(F)(F)F)n2)cc(-c2cnc([C@]3(O)CC[C@H](NC(=O)Cn4ccnn4)CC3)s2)c1. The maximum atomic E-state index is 13.0. The van der Waals surface area contributed by atoms with E-state index < -0.39 is 17.5 Å². The van der Waals surface area contributed by atoms with Crippen LogP contribution in [0.15, 0.2) is 49.1 Å². The first-order chi connectivity index (χ1) is 18.6. The van der Waals surface area contributed by atoms with Crippen molar-refractivity contribution >= 4 is 28.9 Å². The van der Waals surface area contributed by atoms with Crippen LogP contribution in [-0.4, -0.2) is 47.0 Å². The van der Waals surface area contributed by atoms with Gasteiger partial charge in [-0.2, -0.15) is 13.2 Å². The molecule has 10 nitrogen and oxygen atoms in total. The first-order valence-corrected chi connectivity index (χ1v) is 13.0. The van der Waals surface area contributed by atoms with Crippen molar-refractivity contribution in [2.24, 2.45) is 0 Å². The molecule has 0 unspecified atom stereocenters. The third kappa shape index (κ3) is 6.40. The Bertz CT molecular complexity index is 1450. The van der Waals surface area contributed by atoms with Gasteiger partial charge in [-0.25, -0.2) is 19.6 Å². The molecule has 4 aromatic rings. The highest BCUT2D eigenvalue weighted by atomic mass is 32.1. The van der Waals surface area contributed by atoms with Gasteiger partial charge in [0.1, 0.15) is 22.8 Å². The second-order valence-electron chi connectivity index (χ2n) is 9.48. The van der Waals surface area contributed by atoms with E-state index in [1.807, 2.05) is 13.0 Å². The Hall–Kier alpha value is -3.91. The molecule has 3 heterocycles. The molecule has 0 bridgehead atoms. The topological polar surface area (TPSA) is 131 Å². The molecule has 3 N–H and O–H groups in total. The van der Waals surface area contributed by atoms with Gasteiger partial charge in [0.25, 0.3) is 0 Å². The first kappa shape index (κ1) is 26.7. The lowest BCUT2D eigenvalue weighted by atomic mass is 9.82. The van der Waals surface area contributed by atoms with E-state index in [4.69, 9.17) is 0 Å². The number of nitrogens with zero attached hydrogens (tertiary/aromatic N) is 6. The molecule has 1 aliphatic carbocycles. The van der Waals surface area contributed by atoms with Gasteiger partial charge in [0.15, 0.2) is 0 Å². The van der Waals surface area contributed by atoms with E-state index in [2.05, 4.69) is 35.9 Å². The van der Waals surface area contributed by atoms with Crippen molar-refractivity contribution in [3.05, 3.63) is 65.3 Å². The Balaban J connectivity index is 1.25. The molecule has 3 aromatic heterocycles. The Morgan fingerprint density at radius 3 is 2.72 bits per heavy atom. The fourth-order valence-corrected chi connectivity index (χ4v) is 5.57. The van der Waals surface area contributed by atoms with Crippen molar-refractivity contribution in [1.82, 2.24) is 35.3 Å². The highest BCUT2D eigenvalue weighted by molar-refractivity contribution is 7.15. The molecule has 1 saturated carbocycles. The van der Waals surface area contributed by atoms with Gasteiger partial charge in [0.05, 0.1) is 11.1 Å². The molecule has 0 aliphatic heterocycles. The average Bonchev–Trinajstić information content (AvgIpc) is 3.58. The van der Waals surface area contributed by atoms with Crippen LogP contribution in [0.4, 0.5) is 24.8 Å². The van der Waals surface area contributed by atoms with Crippen molar-refractivity contribution < 1.29 is 23.1 Å². The highest BCUT2D eigenvalue weighted by Gasteiger charge is 2.38. The van der Waals surface area contributed by atoms with Crippen molar-refractivity contribution in [2.45, 2.75) is 57.0 Å². The number of carbonyl (C=O) groups is 1. The Kier molecular flexibility index (Phi) is 7.32. The maximum absolute atomic E-state index is 13.0. The molecule has 204 valence electrons. The zero-order valence-corrected chi connectivity index (χ0v) is 21.6. The molecule has 0 spiro atoms. The number of hydrogen-bond donors (Lipinski definition) is 3. The van der Waals surface area contributed by atoms with Gasteiger partial charge in [0, 0.05) is 30.3 Å². The zero-order chi connectivity index (χ0) is 27.6. The predicted octanol–water partition coefficient (Wildman–Crippen LogP) is 4.21. The number of alkyl halides is 3. The summed E-state index contributed by atoms with van der Waals surface area (Å²) in [7, 11) is 0. The zero-order valence-electron chi connectivity index (χ0n) is 20.8. The van der Waals surface area contributed by atoms with Gasteiger partial charge in [-0.15, -0.1) is 16.4 Å². The van der Waals surface area contributed by atoms with Crippen molar-refractivity contribution in [3.63, 3.8) is 0 Å². The standard InChI is InChI=1S/C25H25F3N8O2S/c1-15-10-16(12-18(11-15)33-23-29-7-4-20(34-23)25(26,27)28)19-13-30-22(39-19)24(38)5-2-17(3-6-24)32-21(37)14-36-9-8-31-35-36/h4,7-13,17,38H,2-3,5-6,14H2,1H3,(H,32,37)(H,29,33,34)/t17-,24-. The Morgan fingerprint density at radius 1 is 1.21 bits per heavy atom. The monoisotopic (exact) mass is 558 g/mol. The Labute approximate surface area is 225 Å². The molecule has 14 heteroatoms. The van der Waals surface area contributed by atoms with Crippen LogP contribution in [0, 0.1) is 6.92 Å². The summed E-state index contributed by atoms with van der Waals surface area (Å²) in [6, 6.07) is 6.25. The number of aromatic nitrogens is 6. The van der Waals surface area contributed by atoms with Gasteiger partial charge in [-0.1, -0.05) is 11.3 Å². The summed E-state index contributed by atoms with van der Waals surface area (Å²) in [6.07, 6.45) is 3.39. The first-order valence-electron chi connectivity index (χ1n) is 12.2. The van der Waals surface area contributed by atoms with Crippen molar-refractivity contribution in [3.8, 4) is 10.4 Å². The fraction of sp³-hybridized carbons (Fsp3) is 0.360. The lowest BCUT2D eigenvalue weighted by Crippen LogP contribution is -2.43. The van der Waals surface area contributed by atoms with Crippen LogP contribution in [0.3, 0.4) is 0 Å². The minimum atomic E-state index is -4.57. The van der Waals surface area contributed by atoms with Crippen molar-refractivity contribution in [2.75, 3.05) is 5.32 Å². The molecule has 5 rings (SSSR count). The summed E-state index contributed by atoms with van der Waals surface area (Å²) in [5.74, 6) is -0.322. The third-order valence-corrected chi connectivity index (χ3v) is 7.66. The number of aryl methyl sites for hydroxylation is 1. The van der Waals surface area contributed by atoms with Crippen LogP contribution >= 0.6 is 11.3 Å². The quantitative estimate of drug-likeness (QED) is 0.308. The highest BCUT2D eigenvalue weighted by Crippen LogP contribution is 2.41. The summed E-state index contributed by atoms with van der Waals surface area (Å²) in [6.45, 7) is 1.96. The van der Waals surface area contributed by atoms with Crippen LogP contribution < -0.4 is 10.6 Å². The molecule has 0 radical (unpaired) electrons. The number of hydrogen-bond acceptors (Lipinski definition) is 9. The molecule has 1 aromatic carbocycles. The molecular weight excluding hydrogens is 533 g/mol. The Morgan fingerprint density at radius 2 is 2.00 bits per heavy atom. The van der Waals surface area contributed by atoms with Gasteiger partial charge < -0.3 is 15.7 Å². The number of amides is 1. The smallest absolute Gasteiger partial charge is 0.383 e. The van der Waals surface area contributed by atoms with Gasteiger partial charge in [-0.3, -0.25) is 4.79 Å². The van der Waals surface area contributed by atoms with E-state index in [1.165, 1.54) is 22.2 Å². The molecule has 1 fully saturated rings. The number of nitrogens with one attached hydrogen (secondary N) is 2. The number of benzene rings is 1. The predicted molar refractivity (Wildman–Crippen MR) is 137 cm³/mol. The molecular formula is C25H25F3N8O2S. The van der Waals surface area contributed by atoms with Crippen molar-refractivity contribution in [1.29, 1.82) is 0 Å². The summed E-state index contributed by atoms with van der Waals surface area (Å²) < 4.78 is 40.5. The molecule has 0 saturated heterocycles. The largest absolute Gasteiger partial charge is 0.433 e. The lowest BCUT2D eigenvalue weighted by molar-refractivity contribution is -0.141. The molecule has 1 amide bonds. The van der Waals surface area contributed by atoms with Crippen LogP contribution in [-0.2, 0) is 23.1 Å². The summed E-state index contributed by atoms with van der Waals surface area (Å²) in [5, 5.41) is 25.2. The fourth-order valence-electron chi connectivity index (χ4n) is 4.52. The maximum Gasteiger partial charge on any atom is 0.433 e. The molecule has 39 heavy (non-hydrogen) atoms. The molecule has 1 aliphatic rings. The second kappa shape index (κ2) is 10.7. The van der Waals surface area contributed by atoms with E-state index >= 15 is 0 Å². The summed E-state index contributed by atoms with van der Waals surface area (Å²) in [4.78, 5) is 25.0. The average molecular weight is 559 g/mol. The van der Waals surface area contributed by atoms with E-state index in [-0.39, 0.29) is 24.4 Å². The van der Waals surface area contributed by atoms with Gasteiger partial charge >= 0.3 is 6.18 Å². The van der Waals surface area contributed by atoms with Gasteiger partial charge in [0.2, 0.25) is 11.9 Å². The lowest BCUT2D eigenvalue weighted by Gasteiger charge is -2.34. The van der Waals surface area contributed by atoms with Crippen LogP contribution in [0.25, 0.3) is 10.4 Å². The number of carbonyl (C=O) groups excluding carboxylic acids is 1. The van der Waals surface area contributed by atoms with E-state index in [0.29, 0.717) is 36.4 Å². The van der Waals surface area contributed by atoms with E-state index in [1.54, 1.807) is 24.5 Å². The third-order valence-electron chi connectivity index (χ3n) is 6.42. The van der Waals surface area contributed by atoms with Crippen LogP contribution in [0.2, 0.25) is 0 Å². The summed E-state index contributed by atoms with van der Waals surface area (Å²) in [5.41, 5.74) is 0.0637. The number of halogens is 3. The number of rotatable bonds is 7. The molecule has 0 atom stereocenters. The minimum absolute atomic E-state index is 0.0517. The van der Waals surface area contributed by atoms with E-state index in [9.17, 15) is 23.1 Å². The minimum Gasteiger partial charge on any atom is -0.383 e. The van der Waals surface area contributed by atoms with Crippen LogP contribution in [0.5, 0.6) is 0 Å². The van der Waals surface area contributed by atoms with Gasteiger partial charge in [-0.05, 0) is 61.9 Å². The normalized spacial score (nSPS) is 19.6. The number of aliphatic hydroxyl groups is 1.